The van der Waals surface area contributed by atoms with Gasteiger partial charge in [-0.2, -0.15) is 5.10 Å². The van der Waals surface area contributed by atoms with Crippen LogP contribution in [0.25, 0.3) is 0 Å². The Kier molecular flexibility index (Phi) is 5.80. The fourth-order valence-electron chi connectivity index (χ4n) is 4.25. The van der Waals surface area contributed by atoms with Gasteiger partial charge in [0.1, 0.15) is 6.17 Å². The second-order valence-electron chi connectivity index (χ2n) is 8.53. The fourth-order valence-corrected chi connectivity index (χ4v) is 5.06. The molecule has 7 nitrogen and oxygen atoms in total. The van der Waals surface area contributed by atoms with E-state index in [1.165, 1.54) is 28.5 Å². The van der Waals surface area contributed by atoms with Gasteiger partial charge in [0.25, 0.3) is 0 Å². The lowest BCUT2D eigenvalue weighted by atomic mass is 9.99. The van der Waals surface area contributed by atoms with Crippen molar-refractivity contribution in [1.29, 1.82) is 0 Å². The number of nitrogens with zero attached hydrogens (tertiary/aromatic N) is 3. The minimum atomic E-state index is 0.00584. The third-order valence-electron chi connectivity index (χ3n) is 6.13. The minimum Gasteiger partial charge on any atom is -0.351 e. The highest BCUT2D eigenvalue weighted by molar-refractivity contribution is 8.14. The summed E-state index contributed by atoms with van der Waals surface area (Å²) in [5, 5.41) is 10.5. The molecule has 0 spiro atoms. The van der Waals surface area contributed by atoms with E-state index >= 15 is 0 Å². The van der Waals surface area contributed by atoms with Crippen LogP contribution < -0.4 is 16.2 Å². The van der Waals surface area contributed by atoms with E-state index in [9.17, 15) is 4.79 Å². The molecule has 3 heterocycles. The molecule has 3 aliphatic heterocycles. The first-order valence-electron chi connectivity index (χ1n) is 10.9. The van der Waals surface area contributed by atoms with Gasteiger partial charge in [0.05, 0.1) is 17.8 Å². The topological polar surface area (TPSA) is 72.0 Å². The molecule has 1 fully saturated rings. The van der Waals surface area contributed by atoms with Gasteiger partial charge in [-0.15, -0.1) is 0 Å². The van der Waals surface area contributed by atoms with Crippen molar-refractivity contribution >= 4 is 22.8 Å². The zero-order valence-corrected chi connectivity index (χ0v) is 19.1. The summed E-state index contributed by atoms with van der Waals surface area (Å²) in [5.41, 5.74) is 11.8. The molecule has 2 aromatic carbocycles. The first-order valence-corrected chi connectivity index (χ1v) is 11.9. The molecule has 8 heteroatoms. The zero-order chi connectivity index (χ0) is 22.1. The van der Waals surface area contributed by atoms with Crippen LogP contribution in [0.3, 0.4) is 0 Å². The van der Waals surface area contributed by atoms with Gasteiger partial charge in [-0.25, -0.2) is 5.43 Å². The van der Waals surface area contributed by atoms with Crippen molar-refractivity contribution < 1.29 is 4.79 Å². The van der Waals surface area contributed by atoms with E-state index < -0.39 is 0 Å². The number of benzene rings is 2. The number of hydrazine groups is 1. The predicted octanol–water partition coefficient (Wildman–Crippen LogP) is 2.96. The Bertz CT molecular complexity index is 1040. The van der Waals surface area contributed by atoms with Crippen molar-refractivity contribution in [3.8, 4) is 0 Å². The molecule has 2 aromatic rings. The van der Waals surface area contributed by atoms with Crippen molar-refractivity contribution in [1.82, 2.24) is 26.1 Å². The Hall–Kier alpha value is -2.97. The zero-order valence-electron chi connectivity index (χ0n) is 18.3. The second-order valence-corrected chi connectivity index (χ2v) is 9.47. The first kappa shape index (κ1) is 20.9. The average molecular weight is 449 g/mol. The Labute approximate surface area is 192 Å². The van der Waals surface area contributed by atoms with Crippen LogP contribution in [0, 0.1) is 13.8 Å². The van der Waals surface area contributed by atoms with Crippen molar-refractivity contribution in [3.05, 3.63) is 83.2 Å². The normalized spacial score (nSPS) is 23.4. The quantitative estimate of drug-likeness (QED) is 0.653. The number of carbonyl (C=O) groups is 1. The maximum absolute atomic E-state index is 12.3. The molecule has 0 aliphatic carbocycles. The lowest BCUT2D eigenvalue weighted by Crippen LogP contribution is -2.54. The lowest BCUT2D eigenvalue weighted by molar-refractivity contribution is -0.118. The molecule has 166 valence electrons. The SMILES string of the molecule is Cc1ccc(CNC(=O)CSC2=NNC3C4CC(c5ccc(C)cc5)NN4C=CN23)cc1. The lowest BCUT2D eigenvalue weighted by Gasteiger charge is -2.36. The number of thioether (sulfide) groups is 1. The first-order chi connectivity index (χ1) is 15.6. The monoisotopic (exact) mass is 448 g/mol. The Morgan fingerprint density at radius 1 is 1.09 bits per heavy atom. The third-order valence-corrected chi connectivity index (χ3v) is 7.09. The summed E-state index contributed by atoms with van der Waals surface area (Å²) in [6.07, 6.45) is 5.13. The van der Waals surface area contributed by atoms with Crippen molar-refractivity contribution in [2.75, 3.05) is 5.75 Å². The van der Waals surface area contributed by atoms with Crippen LogP contribution in [0.1, 0.15) is 34.7 Å². The van der Waals surface area contributed by atoms with Crippen LogP contribution in [-0.4, -0.2) is 38.9 Å². The Morgan fingerprint density at radius 2 is 1.81 bits per heavy atom. The second kappa shape index (κ2) is 8.88. The van der Waals surface area contributed by atoms with Gasteiger partial charge >= 0.3 is 0 Å². The maximum atomic E-state index is 12.3. The molecule has 32 heavy (non-hydrogen) atoms. The van der Waals surface area contributed by atoms with Crippen LogP contribution in [0.5, 0.6) is 0 Å². The molecule has 3 N–H and O–H groups in total. The van der Waals surface area contributed by atoms with E-state index in [4.69, 9.17) is 0 Å². The van der Waals surface area contributed by atoms with E-state index in [1.807, 2.05) is 18.3 Å². The van der Waals surface area contributed by atoms with Gasteiger partial charge in [-0.05, 0) is 31.4 Å². The van der Waals surface area contributed by atoms with Crippen molar-refractivity contribution in [3.63, 3.8) is 0 Å². The van der Waals surface area contributed by atoms with Crippen molar-refractivity contribution in [2.24, 2.45) is 5.10 Å². The number of aryl methyl sites for hydroxylation is 2. The van der Waals surface area contributed by atoms with E-state index in [0.29, 0.717) is 12.3 Å². The molecule has 0 aromatic heterocycles. The van der Waals surface area contributed by atoms with E-state index in [-0.39, 0.29) is 24.2 Å². The van der Waals surface area contributed by atoms with Crippen LogP contribution in [0.4, 0.5) is 0 Å². The van der Waals surface area contributed by atoms with Crippen LogP contribution in [-0.2, 0) is 11.3 Å². The largest absolute Gasteiger partial charge is 0.351 e. The number of amidine groups is 1. The summed E-state index contributed by atoms with van der Waals surface area (Å²) in [7, 11) is 0. The molecular formula is C24H28N6OS. The van der Waals surface area contributed by atoms with Gasteiger partial charge in [0.15, 0.2) is 5.17 Å². The number of hydrogen-bond donors (Lipinski definition) is 3. The number of fused-ring (bicyclic) bond motifs is 3. The van der Waals surface area contributed by atoms with Crippen molar-refractivity contribution in [2.45, 2.75) is 45.1 Å². The van der Waals surface area contributed by atoms with E-state index in [0.717, 1.165) is 17.2 Å². The molecular weight excluding hydrogens is 420 g/mol. The number of hydrazone groups is 1. The summed E-state index contributed by atoms with van der Waals surface area (Å²) in [6, 6.07) is 17.4. The number of rotatable bonds is 5. The van der Waals surface area contributed by atoms with E-state index in [2.05, 4.69) is 87.6 Å². The molecule has 1 amide bonds. The third kappa shape index (κ3) is 4.33. The Morgan fingerprint density at radius 3 is 2.56 bits per heavy atom. The summed E-state index contributed by atoms with van der Waals surface area (Å²) in [4.78, 5) is 14.5. The summed E-state index contributed by atoms with van der Waals surface area (Å²) >= 11 is 1.46. The highest BCUT2D eigenvalue weighted by Crippen LogP contribution is 2.35. The molecule has 5 rings (SSSR count). The van der Waals surface area contributed by atoms with Gasteiger partial charge in [-0.3, -0.25) is 10.2 Å². The predicted molar refractivity (Wildman–Crippen MR) is 128 cm³/mol. The van der Waals surface area contributed by atoms with Crippen LogP contribution in [0.2, 0.25) is 0 Å². The number of hydrogen-bond acceptors (Lipinski definition) is 7. The summed E-state index contributed by atoms with van der Waals surface area (Å²) in [6.45, 7) is 4.71. The minimum absolute atomic E-state index is 0.00584. The molecule has 3 atom stereocenters. The molecule has 0 radical (unpaired) electrons. The summed E-state index contributed by atoms with van der Waals surface area (Å²) in [5.74, 6) is 0.341. The highest BCUT2D eigenvalue weighted by atomic mass is 32.2. The Balaban J connectivity index is 1.14. The molecule has 3 aliphatic rings. The van der Waals surface area contributed by atoms with Gasteiger partial charge < -0.3 is 15.2 Å². The fraction of sp³-hybridized carbons (Fsp3) is 0.333. The van der Waals surface area contributed by atoms with Crippen LogP contribution in [0.15, 0.2) is 66.0 Å². The standard InChI is InChI=1S/C24H28N6OS/c1-16-3-7-18(8-4-16)14-25-22(31)15-32-24-27-26-23-21-13-20(19-9-5-17(2)6-10-19)28-30(21)12-11-29(23)24/h3-12,20-21,23,26,28H,13-15H2,1-2H3,(H,25,31). The van der Waals surface area contributed by atoms with E-state index in [1.54, 1.807) is 0 Å². The molecule has 3 unspecified atom stereocenters. The smallest absolute Gasteiger partial charge is 0.230 e. The number of carbonyl (C=O) groups excluding carboxylic acids is 1. The summed E-state index contributed by atoms with van der Waals surface area (Å²) < 4.78 is 0. The molecule has 0 bridgehead atoms. The average Bonchev–Trinajstić information content (AvgIpc) is 3.41. The van der Waals surface area contributed by atoms with Gasteiger partial charge in [0.2, 0.25) is 5.91 Å². The van der Waals surface area contributed by atoms with Crippen LogP contribution >= 0.6 is 11.8 Å². The molecule has 0 saturated carbocycles. The van der Waals surface area contributed by atoms with Gasteiger partial charge in [0, 0.05) is 18.9 Å². The maximum Gasteiger partial charge on any atom is 0.230 e. The molecule has 1 saturated heterocycles. The van der Waals surface area contributed by atoms with Gasteiger partial charge in [-0.1, -0.05) is 71.4 Å². The number of nitrogens with one attached hydrogen (secondary N) is 3. The number of amides is 1. The highest BCUT2D eigenvalue weighted by Gasteiger charge is 2.44.